The molecule has 0 saturated carbocycles. The van der Waals surface area contributed by atoms with Crippen molar-refractivity contribution in [1.82, 2.24) is 24.3 Å². The summed E-state index contributed by atoms with van der Waals surface area (Å²) in [7, 11) is 1.89. The van der Waals surface area contributed by atoms with Crippen molar-refractivity contribution in [2.75, 3.05) is 26.2 Å². The molecular weight excluding hydrogens is 330 g/mol. The lowest BCUT2D eigenvalue weighted by molar-refractivity contribution is 0.0535. The number of imidazole rings is 1. The average Bonchev–Trinajstić information content (AvgIpc) is 3.24. The fraction of sp³-hybridized carbons (Fsp3) is 0.316. The van der Waals surface area contributed by atoms with Crippen LogP contribution in [0.25, 0.3) is 11.0 Å². The zero-order valence-corrected chi connectivity index (χ0v) is 14.9. The van der Waals surface area contributed by atoms with Crippen molar-refractivity contribution < 1.29 is 9.59 Å². The van der Waals surface area contributed by atoms with Crippen molar-refractivity contribution >= 4 is 22.8 Å². The Morgan fingerprint density at radius 1 is 1.00 bits per heavy atom. The normalized spacial score (nSPS) is 14.8. The van der Waals surface area contributed by atoms with E-state index in [1.54, 1.807) is 9.80 Å². The van der Waals surface area contributed by atoms with E-state index in [-0.39, 0.29) is 11.8 Å². The third-order valence-electron chi connectivity index (χ3n) is 4.78. The quantitative estimate of drug-likeness (QED) is 0.765. The fourth-order valence-corrected chi connectivity index (χ4v) is 3.38. The summed E-state index contributed by atoms with van der Waals surface area (Å²) in [5.74, 6) is 0.843. The molecule has 1 fully saturated rings. The average molecular weight is 351 g/mol. The second-order valence-corrected chi connectivity index (χ2v) is 6.70. The van der Waals surface area contributed by atoms with Gasteiger partial charge in [-0.25, -0.2) is 4.98 Å². The molecule has 26 heavy (non-hydrogen) atoms. The molecule has 2 amide bonds. The molecule has 3 aromatic rings. The Balaban J connectivity index is 1.43. The van der Waals surface area contributed by atoms with Crippen LogP contribution >= 0.6 is 0 Å². The van der Waals surface area contributed by atoms with Gasteiger partial charge in [0.25, 0.3) is 11.8 Å². The molecule has 0 spiro atoms. The number of nitrogens with one attached hydrogen (secondary N) is 1. The molecule has 2 aromatic heterocycles. The van der Waals surface area contributed by atoms with Crippen molar-refractivity contribution in [3.05, 3.63) is 53.6 Å². The minimum Gasteiger partial charge on any atom is -0.356 e. The standard InChI is InChI=1S/C19H21N5O2/c1-13-20-16-4-3-14(11-17(16)21-13)18(25)23-7-9-24(10-8-23)19(26)15-5-6-22(2)12-15/h3-6,11-12H,7-10H2,1-2H3,(H,20,21). The topological polar surface area (TPSA) is 74.2 Å². The molecule has 1 aliphatic rings. The summed E-state index contributed by atoms with van der Waals surface area (Å²) in [6, 6.07) is 7.34. The van der Waals surface area contributed by atoms with Crippen LogP contribution in [0, 0.1) is 6.92 Å². The van der Waals surface area contributed by atoms with E-state index in [9.17, 15) is 9.59 Å². The van der Waals surface area contributed by atoms with Crippen LogP contribution in [0.4, 0.5) is 0 Å². The lowest BCUT2D eigenvalue weighted by atomic mass is 10.1. The number of aryl methyl sites for hydroxylation is 2. The van der Waals surface area contributed by atoms with Crippen molar-refractivity contribution in [2.45, 2.75) is 6.92 Å². The number of carbonyl (C=O) groups is 2. The van der Waals surface area contributed by atoms with E-state index >= 15 is 0 Å². The molecule has 0 bridgehead atoms. The number of nitrogens with zero attached hydrogens (tertiary/aromatic N) is 4. The third-order valence-corrected chi connectivity index (χ3v) is 4.78. The number of fused-ring (bicyclic) bond motifs is 1. The Morgan fingerprint density at radius 2 is 1.65 bits per heavy atom. The Labute approximate surface area is 151 Å². The maximum atomic E-state index is 12.8. The number of piperazine rings is 1. The van der Waals surface area contributed by atoms with E-state index in [4.69, 9.17) is 0 Å². The van der Waals surface area contributed by atoms with E-state index in [0.29, 0.717) is 37.3 Å². The number of benzene rings is 1. The summed E-state index contributed by atoms with van der Waals surface area (Å²) in [5, 5.41) is 0. The van der Waals surface area contributed by atoms with Gasteiger partial charge in [-0.1, -0.05) is 0 Å². The predicted octanol–water partition coefficient (Wildman–Crippen LogP) is 1.81. The second kappa shape index (κ2) is 6.33. The van der Waals surface area contributed by atoms with Gasteiger partial charge in [0, 0.05) is 51.2 Å². The van der Waals surface area contributed by atoms with Gasteiger partial charge in [-0.2, -0.15) is 0 Å². The van der Waals surface area contributed by atoms with Crippen molar-refractivity contribution in [3.8, 4) is 0 Å². The first kappa shape index (κ1) is 16.4. The fourth-order valence-electron chi connectivity index (χ4n) is 3.38. The summed E-state index contributed by atoms with van der Waals surface area (Å²) in [6.07, 6.45) is 3.68. The minimum absolute atomic E-state index is 0.00837. The Morgan fingerprint density at radius 3 is 2.27 bits per heavy atom. The van der Waals surface area contributed by atoms with E-state index in [0.717, 1.165) is 16.9 Å². The molecule has 0 atom stereocenters. The van der Waals surface area contributed by atoms with Crippen molar-refractivity contribution in [2.24, 2.45) is 7.05 Å². The highest BCUT2D eigenvalue weighted by atomic mass is 16.2. The SMILES string of the molecule is Cc1nc2ccc(C(=O)N3CCN(C(=O)c4ccn(C)c4)CC3)cc2[nH]1. The number of hydrogen-bond acceptors (Lipinski definition) is 3. The van der Waals surface area contributed by atoms with E-state index in [1.807, 2.05) is 55.2 Å². The van der Waals surface area contributed by atoms with Crippen LogP contribution in [0.1, 0.15) is 26.5 Å². The molecule has 0 unspecified atom stereocenters. The molecule has 1 aliphatic heterocycles. The molecule has 0 aliphatic carbocycles. The van der Waals surface area contributed by atoms with Crippen LogP contribution in [-0.4, -0.2) is 62.3 Å². The highest BCUT2D eigenvalue weighted by Gasteiger charge is 2.26. The summed E-state index contributed by atoms with van der Waals surface area (Å²) in [5.41, 5.74) is 3.06. The van der Waals surface area contributed by atoms with E-state index in [1.165, 1.54) is 0 Å². The van der Waals surface area contributed by atoms with Gasteiger partial charge >= 0.3 is 0 Å². The lowest BCUT2D eigenvalue weighted by Crippen LogP contribution is -2.50. The van der Waals surface area contributed by atoms with Gasteiger partial charge in [0.15, 0.2) is 0 Å². The number of aromatic amines is 1. The maximum absolute atomic E-state index is 12.8. The second-order valence-electron chi connectivity index (χ2n) is 6.70. The largest absolute Gasteiger partial charge is 0.356 e. The van der Waals surface area contributed by atoms with Crippen LogP contribution in [0.15, 0.2) is 36.7 Å². The number of carbonyl (C=O) groups excluding carboxylic acids is 2. The molecule has 4 rings (SSSR count). The molecule has 134 valence electrons. The van der Waals surface area contributed by atoms with Crippen LogP contribution in [0.2, 0.25) is 0 Å². The predicted molar refractivity (Wildman–Crippen MR) is 98.1 cm³/mol. The smallest absolute Gasteiger partial charge is 0.255 e. The first-order chi connectivity index (χ1) is 12.5. The molecule has 3 heterocycles. The van der Waals surface area contributed by atoms with Crippen LogP contribution < -0.4 is 0 Å². The van der Waals surface area contributed by atoms with E-state index < -0.39 is 0 Å². The third kappa shape index (κ3) is 2.96. The molecule has 7 nitrogen and oxygen atoms in total. The summed E-state index contributed by atoms with van der Waals surface area (Å²) >= 11 is 0. The van der Waals surface area contributed by atoms with Crippen LogP contribution in [0.3, 0.4) is 0 Å². The summed E-state index contributed by atoms with van der Waals surface area (Å²) < 4.78 is 1.86. The first-order valence-electron chi connectivity index (χ1n) is 8.68. The van der Waals surface area contributed by atoms with Crippen molar-refractivity contribution in [3.63, 3.8) is 0 Å². The molecule has 7 heteroatoms. The molecule has 1 N–H and O–H groups in total. The first-order valence-corrected chi connectivity index (χ1v) is 8.68. The van der Waals surface area contributed by atoms with Gasteiger partial charge in [-0.3, -0.25) is 9.59 Å². The summed E-state index contributed by atoms with van der Waals surface area (Å²) in [4.78, 5) is 36.4. The molecule has 1 saturated heterocycles. The number of hydrogen-bond donors (Lipinski definition) is 1. The Kier molecular flexibility index (Phi) is 3.99. The molecule has 0 radical (unpaired) electrons. The highest BCUT2D eigenvalue weighted by Crippen LogP contribution is 2.17. The zero-order chi connectivity index (χ0) is 18.3. The van der Waals surface area contributed by atoms with Gasteiger partial charge in [0.1, 0.15) is 5.82 Å². The zero-order valence-electron chi connectivity index (χ0n) is 14.9. The Hall–Kier alpha value is -3.09. The molecular formula is C19H21N5O2. The monoisotopic (exact) mass is 351 g/mol. The van der Waals surface area contributed by atoms with Gasteiger partial charge in [-0.15, -0.1) is 0 Å². The lowest BCUT2D eigenvalue weighted by Gasteiger charge is -2.34. The van der Waals surface area contributed by atoms with E-state index in [2.05, 4.69) is 9.97 Å². The number of amides is 2. The number of H-pyrrole nitrogens is 1. The Bertz CT molecular complexity index is 979. The van der Waals surface area contributed by atoms with Gasteiger partial charge in [0.05, 0.1) is 16.6 Å². The minimum atomic E-state index is -0.00837. The highest BCUT2D eigenvalue weighted by molar-refractivity contribution is 5.98. The van der Waals surface area contributed by atoms with Crippen molar-refractivity contribution in [1.29, 1.82) is 0 Å². The maximum Gasteiger partial charge on any atom is 0.255 e. The van der Waals surface area contributed by atoms with Gasteiger partial charge in [0.2, 0.25) is 0 Å². The van der Waals surface area contributed by atoms with Gasteiger partial charge in [-0.05, 0) is 31.2 Å². The van der Waals surface area contributed by atoms with Crippen LogP contribution in [0.5, 0.6) is 0 Å². The molecule has 1 aromatic carbocycles. The summed E-state index contributed by atoms with van der Waals surface area (Å²) in [6.45, 7) is 4.06. The van der Waals surface area contributed by atoms with Crippen LogP contribution in [-0.2, 0) is 7.05 Å². The number of rotatable bonds is 2. The van der Waals surface area contributed by atoms with Gasteiger partial charge < -0.3 is 19.4 Å². The number of aromatic nitrogens is 3.